The van der Waals surface area contributed by atoms with Crippen molar-refractivity contribution < 1.29 is 0 Å². The number of anilines is 2. The monoisotopic (exact) mass is 394 g/mol. The molecule has 3 heterocycles. The molecule has 1 aliphatic heterocycles. The van der Waals surface area contributed by atoms with Crippen molar-refractivity contribution in [3.05, 3.63) is 47.5 Å². The minimum atomic E-state index is 0.995. The third kappa shape index (κ3) is 2.97. The van der Waals surface area contributed by atoms with Crippen LogP contribution in [0, 0.1) is 6.92 Å². The molecule has 5 rings (SSSR count). The maximum Gasteiger partial charge on any atom is 0.186 e. The molecule has 0 aliphatic carbocycles. The van der Waals surface area contributed by atoms with E-state index in [-0.39, 0.29) is 0 Å². The minimum absolute atomic E-state index is 0.995. The number of para-hydroxylation sites is 2. The highest BCUT2D eigenvalue weighted by Gasteiger charge is 2.22. The zero-order chi connectivity index (χ0) is 18.4. The van der Waals surface area contributed by atoms with Crippen LogP contribution in [0.25, 0.3) is 20.4 Å². The van der Waals surface area contributed by atoms with E-state index < -0.39 is 0 Å². The van der Waals surface area contributed by atoms with E-state index in [1.165, 1.54) is 26.0 Å². The molecule has 4 aromatic rings. The first kappa shape index (κ1) is 17.0. The quantitative estimate of drug-likeness (QED) is 0.484. The van der Waals surface area contributed by atoms with Crippen molar-refractivity contribution in [2.75, 3.05) is 36.0 Å². The van der Waals surface area contributed by atoms with Crippen molar-refractivity contribution >= 4 is 53.4 Å². The summed E-state index contributed by atoms with van der Waals surface area (Å²) in [5.41, 5.74) is 4.94. The van der Waals surface area contributed by atoms with E-state index in [0.717, 1.165) is 48.4 Å². The molecule has 0 saturated carbocycles. The number of rotatable bonds is 3. The van der Waals surface area contributed by atoms with E-state index >= 15 is 0 Å². The summed E-state index contributed by atoms with van der Waals surface area (Å²) < 4.78 is 2.58. The Hall–Kier alpha value is -2.18. The van der Waals surface area contributed by atoms with Crippen molar-refractivity contribution in [1.29, 1.82) is 0 Å². The fourth-order valence-electron chi connectivity index (χ4n) is 3.71. The van der Waals surface area contributed by atoms with Crippen LogP contribution in [0.5, 0.6) is 0 Å². The molecule has 138 valence electrons. The summed E-state index contributed by atoms with van der Waals surface area (Å²) in [5, 5.41) is 2.31. The van der Waals surface area contributed by atoms with E-state index in [2.05, 4.69) is 60.0 Å². The maximum absolute atomic E-state index is 4.96. The zero-order valence-corrected chi connectivity index (χ0v) is 17.2. The van der Waals surface area contributed by atoms with E-state index in [4.69, 9.17) is 9.97 Å². The SMILES string of the molecule is CCc1cccc2sc(N3CCN(c4nc5c(C)cccc5s4)CC3)nc12. The van der Waals surface area contributed by atoms with Gasteiger partial charge in [0.25, 0.3) is 0 Å². The Morgan fingerprint density at radius 1 is 0.815 bits per heavy atom. The van der Waals surface area contributed by atoms with E-state index in [1.54, 1.807) is 0 Å². The summed E-state index contributed by atoms with van der Waals surface area (Å²) in [4.78, 5) is 14.7. The molecule has 27 heavy (non-hydrogen) atoms. The number of benzene rings is 2. The summed E-state index contributed by atoms with van der Waals surface area (Å²) in [6.07, 6.45) is 1.03. The second-order valence-electron chi connectivity index (χ2n) is 7.01. The van der Waals surface area contributed by atoms with Gasteiger partial charge in [0.1, 0.15) is 0 Å². The van der Waals surface area contributed by atoms with Gasteiger partial charge >= 0.3 is 0 Å². The zero-order valence-electron chi connectivity index (χ0n) is 15.6. The normalized spacial score (nSPS) is 15.2. The van der Waals surface area contributed by atoms with Crippen molar-refractivity contribution in [3.63, 3.8) is 0 Å². The molecule has 1 aliphatic rings. The fraction of sp³-hybridized carbons (Fsp3) is 0.333. The van der Waals surface area contributed by atoms with E-state index in [1.807, 2.05) is 22.7 Å². The number of nitrogens with zero attached hydrogens (tertiary/aromatic N) is 4. The van der Waals surface area contributed by atoms with Gasteiger partial charge in [0, 0.05) is 26.2 Å². The van der Waals surface area contributed by atoms with E-state index in [0.29, 0.717) is 0 Å². The van der Waals surface area contributed by atoms with Gasteiger partial charge in [-0.3, -0.25) is 0 Å². The van der Waals surface area contributed by atoms with Gasteiger partial charge in [-0.15, -0.1) is 0 Å². The maximum atomic E-state index is 4.96. The van der Waals surface area contributed by atoms with Crippen LogP contribution in [0.4, 0.5) is 10.3 Å². The summed E-state index contributed by atoms with van der Waals surface area (Å²) in [5.74, 6) is 0. The Morgan fingerprint density at radius 3 is 1.96 bits per heavy atom. The molecule has 0 unspecified atom stereocenters. The van der Waals surface area contributed by atoms with Gasteiger partial charge in [0.2, 0.25) is 0 Å². The van der Waals surface area contributed by atoms with Crippen molar-refractivity contribution in [2.24, 2.45) is 0 Å². The third-order valence-corrected chi connectivity index (χ3v) is 7.47. The van der Waals surface area contributed by atoms with Gasteiger partial charge in [0.05, 0.1) is 20.4 Å². The largest absolute Gasteiger partial charge is 0.345 e. The average Bonchev–Trinajstić information content (AvgIpc) is 3.33. The molecule has 4 nitrogen and oxygen atoms in total. The van der Waals surface area contributed by atoms with Gasteiger partial charge < -0.3 is 9.80 Å². The van der Waals surface area contributed by atoms with Crippen molar-refractivity contribution in [1.82, 2.24) is 9.97 Å². The summed E-state index contributed by atoms with van der Waals surface area (Å²) in [7, 11) is 0. The molecule has 1 saturated heterocycles. The number of aromatic nitrogens is 2. The lowest BCUT2D eigenvalue weighted by Crippen LogP contribution is -2.46. The number of piperazine rings is 1. The molecule has 6 heteroatoms. The van der Waals surface area contributed by atoms with Crippen molar-refractivity contribution in [3.8, 4) is 0 Å². The molecule has 0 atom stereocenters. The van der Waals surface area contributed by atoms with Crippen molar-refractivity contribution in [2.45, 2.75) is 20.3 Å². The van der Waals surface area contributed by atoms with Crippen LogP contribution in [0.15, 0.2) is 36.4 Å². The molecule has 2 aromatic heterocycles. The standard InChI is InChI=1S/C21H22N4S2/c1-3-15-7-5-9-17-19(15)23-21(27-17)25-12-10-24(11-13-25)20-22-18-14(2)6-4-8-16(18)26-20/h4-9H,3,10-13H2,1-2H3. The second-order valence-corrected chi connectivity index (χ2v) is 9.02. The molecular formula is C21H22N4S2. The molecule has 2 aromatic carbocycles. The summed E-state index contributed by atoms with van der Waals surface area (Å²) >= 11 is 3.63. The topological polar surface area (TPSA) is 32.3 Å². The van der Waals surface area contributed by atoms with Crippen LogP contribution >= 0.6 is 22.7 Å². The van der Waals surface area contributed by atoms with Crippen LogP contribution in [-0.4, -0.2) is 36.1 Å². The number of hydrogen-bond donors (Lipinski definition) is 0. The highest BCUT2D eigenvalue weighted by atomic mass is 32.1. The van der Waals surface area contributed by atoms with Gasteiger partial charge in [-0.1, -0.05) is 53.9 Å². The summed E-state index contributed by atoms with van der Waals surface area (Å²) in [6, 6.07) is 13.0. The molecule has 0 N–H and O–H groups in total. The Labute approximate surface area is 167 Å². The summed E-state index contributed by atoms with van der Waals surface area (Å²) in [6.45, 7) is 8.32. The number of hydrogen-bond acceptors (Lipinski definition) is 6. The smallest absolute Gasteiger partial charge is 0.186 e. The van der Waals surface area contributed by atoms with Crippen LogP contribution in [0.3, 0.4) is 0 Å². The van der Waals surface area contributed by atoms with Crippen LogP contribution in [0.1, 0.15) is 18.1 Å². The third-order valence-electron chi connectivity index (χ3n) is 5.30. The van der Waals surface area contributed by atoms with Gasteiger partial charge in [-0.25, -0.2) is 9.97 Å². The van der Waals surface area contributed by atoms with Gasteiger partial charge in [-0.05, 0) is 36.6 Å². The lowest BCUT2D eigenvalue weighted by Gasteiger charge is -2.34. The molecule has 0 amide bonds. The van der Waals surface area contributed by atoms with Crippen LogP contribution in [0.2, 0.25) is 0 Å². The number of fused-ring (bicyclic) bond motifs is 2. The molecule has 0 bridgehead atoms. The molecular weight excluding hydrogens is 372 g/mol. The Bertz CT molecular complexity index is 1110. The lowest BCUT2D eigenvalue weighted by molar-refractivity contribution is 0.651. The van der Waals surface area contributed by atoms with E-state index in [9.17, 15) is 0 Å². The molecule has 0 spiro atoms. The first-order valence-corrected chi connectivity index (χ1v) is 11.1. The Kier molecular flexibility index (Phi) is 4.25. The highest BCUT2D eigenvalue weighted by Crippen LogP contribution is 2.34. The predicted octanol–water partition coefficient (Wildman–Crippen LogP) is 5.10. The number of thiazole rings is 2. The fourth-order valence-corrected chi connectivity index (χ4v) is 5.87. The van der Waals surface area contributed by atoms with Crippen LogP contribution < -0.4 is 9.80 Å². The minimum Gasteiger partial charge on any atom is -0.345 e. The molecule has 0 radical (unpaired) electrons. The predicted molar refractivity (Wildman–Crippen MR) is 118 cm³/mol. The second kappa shape index (κ2) is 6.77. The number of aryl methyl sites for hydroxylation is 2. The van der Waals surface area contributed by atoms with Gasteiger partial charge in [0.15, 0.2) is 10.3 Å². The lowest BCUT2D eigenvalue weighted by atomic mass is 10.1. The average molecular weight is 395 g/mol. The van der Waals surface area contributed by atoms with Crippen LogP contribution in [-0.2, 0) is 6.42 Å². The first-order valence-electron chi connectivity index (χ1n) is 9.47. The Balaban J connectivity index is 1.36. The Morgan fingerprint density at radius 2 is 1.37 bits per heavy atom. The first-order chi connectivity index (χ1) is 13.2. The van der Waals surface area contributed by atoms with Gasteiger partial charge in [-0.2, -0.15) is 0 Å². The highest BCUT2D eigenvalue weighted by molar-refractivity contribution is 7.22. The molecule has 1 fully saturated rings.